The number of carbonyl (C=O) groups excluding carboxylic acids is 2. The summed E-state index contributed by atoms with van der Waals surface area (Å²) in [5.74, 6) is -0.277. The van der Waals surface area contributed by atoms with Gasteiger partial charge >= 0.3 is 5.97 Å². The molecule has 3 rings (SSSR count). The summed E-state index contributed by atoms with van der Waals surface area (Å²) in [5.41, 5.74) is 3.61. The lowest BCUT2D eigenvalue weighted by Gasteiger charge is -2.28. The van der Waals surface area contributed by atoms with E-state index in [0.717, 1.165) is 22.3 Å². The number of fused-ring (bicyclic) bond motifs is 2. The van der Waals surface area contributed by atoms with Crippen LogP contribution in [0, 0.1) is 0 Å². The van der Waals surface area contributed by atoms with Crippen LogP contribution in [-0.4, -0.2) is 31.1 Å². The highest BCUT2D eigenvalue weighted by Crippen LogP contribution is 2.42. The first-order valence-corrected chi connectivity index (χ1v) is 7.46. The Kier molecular flexibility index (Phi) is 3.94. The van der Waals surface area contributed by atoms with E-state index in [1.165, 1.54) is 6.08 Å². The van der Waals surface area contributed by atoms with E-state index in [9.17, 15) is 9.59 Å². The van der Waals surface area contributed by atoms with Gasteiger partial charge in [-0.25, -0.2) is 4.79 Å². The molecule has 2 atom stereocenters. The Bertz CT molecular complexity index is 684. The summed E-state index contributed by atoms with van der Waals surface area (Å²) >= 11 is 0. The van der Waals surface area contributed by atoms with Gasteiger partial charge in [-0.15, -0.1) is 0 Å². The average molecular weight is 298 g/mol. The zero-order valence-electron chi connectivity index (χ0n) is 12.7. The van der Waals surface area contributed by atoms with E-state index in [-0.39, 0.29) is 17.7 Å². The molecule has 1 aromatic rings. The van der Waals surface area contributed by atoms with Crippen LogP contribution in [0.3, 0.4) is 0 Å². The van der Waals surface area contributed by atoms with E-state index in [2.05, 4.69) is 6.92 Å². The molecular formula is C18H18O4. The van der Waals surface area contributed by atoms with Crippen molar-refractivity contribution >= 4 is 11.8 Å². The van der Waals surface area contributed by atoms with Gasteiger partial charge in [-0.1, -0.05) is 31.2 Å². The topological polar surface area (TPSA) is 52.6 Å². The zero-order valence-corrected chi connectivity index (χ0v) is 12.7. The molecule has 0 bridgehead atoms. The summed E-state index contributed by atoms with van der Waals surface area (Å²) in [6, 6.07) is 7.63. The van der Waals surface area contributed by atoms with E-state index in [1.807, 2.05) is 24.3 Å². The summed E-state index contributed by atoms with van der Waals surface area (Å²) in [6.07, 6.45) is 2.59. The average Bonchev–Trinajstić information content (AvgIpc) is 2.95. The van der Waals surface area contributed by atoms with Gasteiger partial charge in [0.05, 0.1) is 13.2 Å². The Balaban J connectivity index is 1.98. The molecule has 1 aliphatic carbocycles. The van der Waals surface area contributed by atoms with Gasteiger partial charge in [-0.3, -0.25) is 4.79 Å². The maximum Gasteiger partial charge on any atom is 0.330 e. The molecule has 2 aliphatic rings. The van der Waals surface area contributed by atoms with Crippen molar-refractivity contribution in [3.05, 3.63) is 58.7 Å². The third kappa shape index (κ3) is 2.40. The fourth-order valence-electron chi connectivity index (χ4n) is 3.15. The molecule has 1 aromatic carbocycles. The summed E-state index contributed by atoms with van der Waals surface area (Å²) < 4.78 is 10.6. The second-order valence-corrected chi connectivity index (χ2v) is 5.43. The van der Waals surface area contributed by atoms with Crippen LogP contribution < -0.4 is 0 Å². The minimum Gasteiger partial charge on any atom is -0.463 e. The van der Waals surface area contributed by atoms with Crippen molar-refractivity contribution < 1.29 is 19.1 Å². The molecule has 1 aliphatic heterocycles. The highest BCUT2D eigenvalue weighted by Gasteiger charge is 2.40. The van der Waals surface area contributed by atoms with Gasteiger partial charge in [0.1, 0.15) is 6.10 Å². The lowest BCUT2D eigenvalue weighted by atomic mass is 9.76. The van der Waals surface area contributed by atoms with Crippen LogP contribution in [0.5, 0.6) is 0 Å². The van der Waals surface area contributed by atoms with Gasteiger partial charge in [-0.05, 0) is 29.7 Å². The lowest BCUT2D eigenvalue weighted by Crippen LogP contribution is -2.31. The van der Waals surface area contributed by atoms with Crippen molar-refractivity contribution in [2.24, 2.45) is 0 Å². The highest BCUT2D eigenvalue weighted by molar-refractivity contribution is 6.05. The van der Waals surface area contributed by atoms with Crippen LogP contribution in [0.2, 0.25) is 0 Å². The quantitative estimate of drug-likeness (QED) is 0.636. The van der Waals surface area contributed by atoms with Crippen molar-refractivity contribution in [1.82, 2.24) is 0 Å². The monoisotopic (exact) mass is 298 g/mol. The fraction of sp³-hybridized carbons (Fsp3) is 0.333. The minimum absolute atomic E-state index is 0.00300. The molecular weight excluding hydrogens is 280 g/mol. The third-order valence-electron chi connectivity index (χ3n) is 4.16. The standard InChI is InChI=1S/C18H18O4/c1-3-21-15(19)9-8-12-10-22-18-16(12)11(2)13-6-4-5-7-14(13)17(18)20/h4-9,11,18H,3,10H2,1-2H3/b9-8-. The number of hydrogen-bond donors (Lipinski definition) is 0. The molecule has 0 fully saturated rings. The van der Waals surface area contributed by atoms with Gasteiger partial charge in [0.15, 0.2) is 5.78 Å². The van der Waals surface area contributed by atoms with Crippen LogP contribution in [0.4, 0.5) is 0 Å². The predicted molar refractivity (Wildman–Crippen MR) is 81.7 cm³/mol. The van der Waals surface area contributed by atoms with Crippen molar-refractivity contribution in [2.45, 2.75) is 25.9 Å². The van der Waals surface area contributed by atoms with Gasteiger partial charge < -0.3 is 9.47 Å². The minimum atomic E-state index is -0.522. The van der Waals surface area contributed by atoms with Gasteiger partial charge in [0, 0.05) is 17.6 Å². The fourth-order valence-corrected chi connectivity index (χ4v) is 3.15. The second-order valence-electron chi connectivity index (χ2n) is 5.43. The SMILES string of the molecule is CCOC(=O)/C=C\C1=C2C(OC1)C(=O)c1ccccc1C2C. The first-order valence-electron chi connectivity index (χ1n) is 7.46. The van der Waals surface area contributed by atoms with Crippen LogP contribution in [0.25, 0.3) is 0 Å². The number of carbonyl (C=O) groups is 2. The van der Waals surface area contributed by atoms with Crippen LogP contribution in [0.1, 0.15) is 35.7 Å². The second kappa shape index (κ2) is 5.89. The summed E-state index contributed by atoms with van der Waals surface area (Å²) in [6.45, 7) is 4.53. The number of esters is 1. The van der Waals surface area contributed by atoms with Crippen LogP contribution in [-0.2, 0) is 14.3 Å². The number of Topliss-reactive ketones (excluding diaryl/α,β-unsaturated/α-hetero) is 1. The van der Waals surface area contributed by atoms with Gasteiger partial charge in [0.25, 0.3) is 0 Å². The predicted octanol–water partition coefficient (Wildman–Crippen LogP) is 2.80. The number of ether oxygens (including phenoxy) is 2. The Morgan fingerprint density at radius 3 is 2.95 bits per heavy atom. The van der Waals surface area contributed by atoms with E-state index in [0.29, 0.717) is 13.2 Å². The molecule has 4 nitrogen and oxygen atoms in total. The summed E-state index contributed by atoms with van der Waals surface area (Å²) in [5, 5.41) is 0. The van der Waals surface area contributed by atoms with Crippen LogP contribution in [0.15, 0.2) is 47.6 Å². The molecule has 0 saturated heterocycles. The summed E-state index contributed by atoms with van der Waals surface area (Å²) in [7, 11) is 0. The maximum atomic E-state index is 12.6. The Labute approximate surface area is 129 Å². The molecule has 1 heterocycles. The molecule has 0 N–H and O–H groups in total. The number of ketones is 1. The molecule has 0 radical (unpaired) electrons. The number of hydrogen-bond acceptors (Lipinski definition) is 4. The van der Waals surface area contributed by atoms with E-state index < -0.39 is 6.10 Å². The molecule has 2 unspecified atom stereocenters. The Morgan fingerprint density at radius 1 is 1.41 bits per heavy atom. The van der Waals surface area contributed by atoms with Crippen molar-refractivity contribution in [3.63, 3.8) is 0 Å². The largest absolute Gasteiger partial charge is 0.463 e. The molecule has 0 amide bonds. The first-order chi connectivity index (χ1) is 10.6. The first kappa shape index (κ1) is 14.7. The zero-order chi connectivity index (χ0) is 15.7. The van der Waals surface area contributed by atoms with Gasteiger partial charge in [0.2, 0.25) is 0 Å². The normalized spacial score (nSPS) is 23.6. The Hall–Kier alpha value is -2.20. The van der Waals surface area contributed by atoms with Crippen molar-refractivity contribution in [3.8, 4) is 0 Å². The van der Waals surface area contributed by atoms with Gasteiger partial charge in [-0.2, -0.15) is 0 Å². The number of benzene rings is 1. The molecule has 0 spiro atoms. The third-order valence-corrected chi connectivity index (χ3v) is 4.16. The Morgan fingerprint density at radius 2 is 2.18 bits per heavy atom. The van der Waals surface area contributed by atoms with E-state index in [1.54, 1.807) is 13.0 Å². The smallest absolute Gasteiger partial charge is 0.330 e. The highest BCUT2D eigenvalue weighted by atomic mass is 16.5. The number of rotatable bonds is 3. The summed E-state index contributed by atoms with van der Waals surface area (Å²) in [4.78, 5) is 24.0. The maximum absolute atomic E-state index is 12.6. The molecule has 0 saturated carbocycles. The van der Waals surface area contributed by atoms with Crippen molar-refractivity contribution in [1.29, 1.82) is 0 Å². The van der Waals surface area contributed by atoms with Crippen molar-refractivity contribution in [2.75, 3.05) is 13.2 Å². The van der Waals surface area contributed by atoms with E-state index >= 15 is 0 Å². The molecule has 22 heavy (non-hydrogen) atoms. The molecule has 114 valence electrons. The molecule has 4 heteroatoms. The van der Waals surface area contributed by atoms with Crippen LogP contribution >= 0.6 is 0 Å². The lowest BCUT2D eigenvalue weighted by molar-refractivity contribution is -0.137. The van der Waals surface area contributed by atoms with E-state index in [4.69, 9.17) is 9.47 Å². The molecule has 0 aromatic heterocycles.